The molecule has 0 atom stereocenters. The zero-order valence-electron chi connectivity index (χ0n) is 17.7. The van der Waals surface area contributed by atoms with Crippen LogP contribution in [0, 0.1) is 0 Å². The third-order valence-corrected chi connectivity index (χ3v) is 7.21. The number of rotatable bonds is 11. The van der Waals surface area contributed by atoms with Gasteiger partial charge in [0, 0.05) is 16.0 Å². The minimum absolute atomic E-state index is 0.0477. The lowest BCUT2D eigenvalue weighted by molar-refractivity contribution is 0.0512. The summed E-state index contributed by atoms with van der Waals surface area (Å²) in [6.07, 6.45) is 1.62. The molecule has 8 nitrogen and oxygen atoms in total. The van der Waals surface area contributed by atoms with Crippen LogP contribution in [0.15, 0.2) is 27.2 Å². The van der Waals surface area contributed by atoms with Crippen LogP contribution in [0.25, 0.3) is 0 Å². The van der Waals surface area contributed by atoms with Crippen LogP contribution in [0.1, 0.15) is 77.3 Å². The zero-order valence-corrected chi connectivity index (χ0v) is 20.2. The Bertz CT molecular complexity index is 1010. The monoisotopic (exact) mass is 513 g/mol. The molecule has 0 saturated heterocycles. The molecule has 0 unspecified atom stereocenters. The van der Waals surface area contributed by atoms with Gasteiger partial charge in [-0.25, -0.2) is 4.79 Å². The van der Waals surface area contributed by atoms with Gasteiger partial charge in [0.1, 0.15) is 5.56 Å². The fraction of sp³-hybridized carbons (Fsp3) is 0.476. The molecule has 0 aliphatic heterocycles. The normalized spacial score (nSPS) is 13.9. The molecule has 10 heteroatoms. The number of benzene rings is 1. The number of ether oxygens (including phenoxy) is 1. The van der Waals surface area contributed by atoms with E-state index < -0.39 is 19.3 Å². The Labute approximate surface area is 189 Å². The summed E-state index contributed by atoms with van der Waals surface area (Å²) in [6, 6.07) is 5.02. The minimum atomic E-state index is -3.47. The van der Waals surface area contributed by atoms with Gasteiger partial charge in [0.2, 0.25) is 5.69 Å². The summed E-state index contributed by atoms with van der Waals surface area (Å²) in [5.74, 6) is -0.714. The highest BCUT2D eigenvalue weighted by Gasteiger charge is 2.38. The van der Waals surface area contributed by atoms with Crippen LogP contribution >= 0.6 is 23.5 Å². The minimum Gasteiger partial charge on any atom is -0.461 e. The first-order valence-corrected chi connectivity index (χ1v) is 12.7. The van der Waals surface area contributed by atoms with E-state index in [0.29, 0.717) is 15.8 Å². The van der Waals surface area contributed by atoms with Crippen molar-refractivity contribution < 1.29 is 32.5 Å². The maximum atomic E-state index is 13.6. The van der Waals surface area contributed by atoms with E-state index in [-0.39, 0.29) is 48.7 Å². The summed E-state index contributed by atoms with van der Waals surface area (Å²) in [7, 11) is -3.47. The Hall–Kier alpha value is -1.80. The average Bonchev–Trinajstić information content (AvgIpc) is 3.46. The van der Waals surface area contributed by atoms with Gasteiger partial charge in [0.05, 0.1) is 26.0 Å². The van der Waals surface area contributed by atoms with Crippen LogP contribution in [0.4, 0.5) is 0 Å². The summed E-state index contributed by atoms with van der Waals surface area (Å²) < 4.78 is 35.1. The molecule has 31 heavy (non-hydrogen) atoms. The van der Waals surface area contributed by atoms with E-state index in [1.54, 1.807) is 39.0 Å². The van der Waals surface area contributed by atoms with Gasteiger partial charge < -0.3 is 18.3 Å². The number of carbonyl (C=O) groups excluding carboxylic acids is 2. The molecule has 1 heterocycles. The van der Waals surface area contributed by atoms with Crippen LogP contribution in [-0.2, 0) is 24.5 Å². The van der Waals surface area contributed by atoms with Crippen LogP contribution in [0.3, 0.4) is 0 Å². The van der Waals surface area contributed by atoms with E-state index in [9.17, 15) is 14.2 Å². The lowest BCUT2D eigenvalue weighted by Gasteiger charge is -2.18. The molecule has 2 aromatic rings. The fourth-order valence-corrected chi connectivity index (χ4v) is 5.40. The largest absolute Gasteiger partial charge is 0.461 e. The number of halogens is 1. The quantitative estimate of drug-likeness (QED) is 0.220. The molecule has 0 radical (unpaired) electrons. The van der Waals surface area contributed by atoms with E-state index in [4.69, 9.17) is 18.3 Å². The highest BCUT2D eigenvalue weighted by Crippen LogP contribution is 2.52. The van der Waals surface area contributed by atoms with Crippen LogP contribution in [-0.4, -0.2) is 36.7 Å². The van der Waals surface area contributed by atoms with Crippen molar-refractivity contribution in [2.45, 2.75) is 45.7 Å². The van der Waals surface area contributed by atoms with Gasteiger partial charge in [-0.05, 0) is 57.4 Å². The topological polar surface area (TPSA) is 105 Å². The molecule has 1 aliphatic carbocycles. The average molecular weight is 514 g/mol. The molecule has 0 N–H and O–H groups in total. The van der Waals surface area contributed by atoms with Crippen molar-refractivity contribution in [1.82, 2.24) is 5.16 Å². The van der Waals surface area contributed by atoms with Crippen molar-refractivity contribution in [3.8, 4) is 0 Å². The van der Waals surface area contributed by atoms with E-state index in [1.165, 1.54) is 0 Å². The van der Waals surface area contributed by atoms with Gasteiger partial charge in [-0.3, -0.25) is 9.36 Å². The second kappa shape index (κ2) is 10.2. The van der Waals surface area contributed by atoms with Crippen molar-refractivity contribution in [3.05, 3.63) is 50.8 Å². The lowest BCUT2D eigenvalue weighted by atomic mass is 9.96. The highest BCUT2D eigenvalue weighted by molar-refractivity contribution is 9.10. The van der Waals surface area contributed by atoms with Crippen molar-refractivity contribution in [2.24, 2.45) is 0 Å². The first kappa shape index (κ1) is 23.9. The smallest absolute Gasteiger partial charge is 0.361 e. The van der Waals surface area contributed by atoms with Crippen molar-refractivity contribution in [2.75, 3.05) is 19.8 Å². The van der Waals surface area contributed by atoms with Crippen molar-refractivity contribution >= 4 is 35.3 Å². The summed E-state index contributed by atoms with van der Waals surface area (Å²) in [4.78, 5) is 26.0. The zero-order chi connectivity index (χ0) is 22.6. The number of esters is 1. The molecule has 1 aromatic carbocycles. The molecular weight excluding hydrogens is 489 g/mol. The number of aromatic nitrogens is 1. The summed E-state index contributed by atoms with van der Waals surface area (Å²) in [5.41, 5.74) is 0.716. The first-order valence-electron chi connectivity index (χ1n) is 10.2. The van der Waals surface area contributed by atoms with Crippen molar-refractivity contribution in [1.29, 1.82) is 0 Å². The molecule has 168 valence electrons. The van der Waals surface area contributed by atoms with Crippen LogP contribution in [0.2, 0.25) is 0 Å². The Kier molecular flexibility index (Phi) is 7.86. The first-order chi connectivity index (χ1) is 14.8. The molecule has 1 saturated carbocycles. The maximum Gasteiger partial charge on any atom is 0.361 e. The van der Waals surface area contributed by atoms with Crippen molar-refractivity contribution in [3.63, 3.8) is 0 Å². The summed E-state index contributed by atoms with van der Waals surface area (Å²) in [6.45, 7) is 5.69. The van der Waals surface area contributed by atoms with Crippen LogP contribution in [0.5, 0.6) is 0 Å². The van der Waals surface area contributed by atoms with Gasteiger partial charge in [-0.15, -0.1) is 0 Å². The van der Waals surface area contributed by atoms with Gasteiger partial charge in [0.15, 0.2) is 11.5 Å². The second-order valence-corrected chi connectivity index (χ2v) is 9.97. The van der Waals surface area contributed by atoms with E-state index in [2.05, 4.69) is 21.1 Å². The van der Waals surface area contributed by atoms with Gasteiger partial charge >= 0.3 is 13.6 Å². The molecule has 1 fully saturated rings. The van der Waals surface area contributed by atoms with Gasteiger partial charge in [0.25, 0.3) is 0 Å². The molecule has 0 bridgehead atoms. The molecular formula is C21H25BrNO7P. The van der Waals surface area contributed by atoms with Gasteiger partial charge in [-0.1, -0.05) is 21.1 Å². The number of carbonyl (C=O) groups is 2. The predicted octanol–water partition coefficient (Wildman–Crippen LogP) is 5.49. The van der Waals surface area contributed by atoms with E-state index >= 15 is 0 Å². The van der Waals surface area contributed by atoms with E-state index in [1.807, 2.05) is 0 Å². The Morgan fingerprint density at radius 3 is 2.42 bits per heavy atom. The molecule has 3 rings (SSSR count). The number of hydrogen-bond donors (Lipinski definition) is 0. The predicted molar refractivity (Wildman–Crippen MR) is 117 cm³/mol. The number of ketones is 1. The summed E-state index contributed by atoms with van der Waals surface area (Å²) in [5, 5.41) is 3.84. The Balaban J connectivity index is 2.06. The fourth-order valence-electron chi connectivity index (χ4n) is 3.27. The Morgan fingerprint density at radius 2 is 1.84 bits per heavy atom. The third-order valence-electron chi connectivity index (χ3n) is 4.69. The number of hydrogen-bond acceptors (Lipinski definition) is 8. The molecule has 1 aromatic heterocycles. The second-order valence-electron chi connectivity index (χ2n) is 7.00. The standard InChI is InChI=1S/C21H25BrNO7P/c1-4-27-21(25)18-17(20(30-23-18)13-7-8-13)19(24)16-10-9-15(22)11-14(16)12-31(26,28-5-2)29-6-3/h9-11,13H,4-8,12H2,1-3H3. The molecule has 0 spiro atoms. The van der Waals surface area contributed by atoms with Gasteiger partial charge in [-0.2, -0.15) is 0 Å². The highest BCUT2D eigenvalue weighted by atomic mass is 79.9. The van der Waals surface area contributed by atoms with Crippen LogP contribution < -0.4 is 0 Å². The SMILES string of the molecule is CCOC(=O)c1noc(C2CC2)c1C(=O)c1ccc(Br)cc1CP(=O)(OCC)OCC. The third kappa shape index (κ3) is 5.52. The Morgan fingerprint density at radius 1 is 1.16 bits per heavy atom. The maximum absolute atomic E-state index is 13.6. The summed E-state index contributed by atoms with van der Waals surface area (Å²) >= 11 is 3.40. The van der Waals surface area contributed by atoms with E-state index in [0.717, 1.165) is 12.8 Å². The lowest BCUT2D eigenvalue weighted by Crippen LogP contribution is -2.15. The molecule has 1 aliphatic rings. The number of nitrogens with zero attached hydrogens (tertiary/aromatic N) is 1. The molecule has 0 amide bonds.